The number of alkyl carbamates (subject to hydrolysis) is 1. The van der Waals surface area contributed by atoms with Gasteiger partial charge in [-0.25, -0.2) is 4.79 Å². The number of nitrogens with one attached hydrogen (secondary N) is 1. The van der Waals surface area contributed by atoms with Gasteiger partial charge in [-0.3, -0.25) is 0 Å². The van der Waals surface area contributed by atoms with Crippen molar-refractivity contribution in [2.45, 2.75) is 72.8 Å². The highest BCUT2D eigenvalue weighted by atomic mass is 16.6. The van der Waals surface area contributed by atoms with Crippen LogP contribution < -0.4 is 5.32 Å². The van der Waals surface area contributed by atoms with Crippen LogP contribution in [0.2, 0.25) is 0 Å². The summed E-state index contributed by atoms with van der Waals surface area (Å²) in [6.07, 6.45) is 8.00. The van der Waals surface area contributed by atoms with Crippen LogP contribution >= 0.6 is 0 Å². The summed E-state index contributed by atoms with van der Waals surface area (Å²) in [4.78, 5) is 12.0. The van der Waals surface area contributed by atoms with Gasteiger partial charge in [-0.05, 0) is 31.6 Å². The minimum Gasteiger partial charge on any atom is -0.449 e. The highest BCUT2D eigenvalue weighted by Crippen LogP contribution is 2.53. The normalized spacial score (nSPS) is 34.4. The first-order valence-corrected chi connectivity index (χ1v) is 10.2. The molecule has 25 heavy (non-hydrogen) atoms. The van der Waals surface area contributed by atoms with Gasteiger partial charge in [0, 0.05) is 17.9 Å². The van der Waals surface area contributed by atoms with Crippen LogP contribution in [0, 0.1) is 23.2 Å². The minimum absolute atomic E-state index is 0.102. The maximum absolute atomic E-state index is 12.0. The lowest BCUT2D eigenvalue weighted by atomic mass is 9.56. The number of ether oxygens (including phenoxy) is 2. The first-order valence-electron chi connectivity index (χ1n) is 10.2. The van der Waals surface area contributed by atoms with E-state index in [1.165, 1.54) is 18.4 Å². The summed E-state index contributed by atoms with van der Waals surface area (Å²) in [5.41, 5.74) is 1.35. The molecule has 1 aliphatic carbocycles. The molecule has 0 saturated carbocycles. The molecule has 5 atom stereocenters. The van der Waals surface area contributed by atoms with Crippen molar-refractivity contribution in [3.63, 3.8) is 0 Å². The summed E-state index contributed by atoms with van der Waals surface area (Å²) in [6, 6.07) is 0. The Balaban J connectivity index is 2.05. The molecule has 0 aromatic rings. The summed E-state index contributed by atoms with van der Waals surface area (Å²) in [5, 5.41) is 2.85. The third-order valence-corrected chi connectivity index (χ3v) is 6.47. The van der Waals surface area contributed by atoms with Crippen LogP contribution in [-0.4, -0.2) is 32.0 Å². The summed E-state index contributed by atoms with van der Waals surface area (Å²) in [5.74, 6) is 1.27. The number of amides is 1. The molecule has 2 bridgehead atoms. The molecular weight excluding hydrogens is 314 g/mol. The van der Waals surface area contributed by atoms with Gasteiger partial charge in [-0.2, -0.15) is 0 Å². The molecule has 0 radical (unpaired) electrons. The molecular formula is C21H37NO3. The van der Waals surface area contributed by atoms with Crippen molar-refractivity contribution < 1.29 is 14.3 Å². The van der Waals surface area contributed by atoms with Gasteiger partial charge in [0.2, 0.25) is 0 Å². The number of hydrogen-bond acceptors (Lipinski definition) is 3. The predicted molar refractivity (Wildman–Crippen MR) is 102 cm³/mol. The van der Waals surface area contributed by atoms with Crippen molar-refractivity contribution in [3.8, 4) is 0 Å². The molecule has 1 fully saturated rings. The Morgan fingerprint density at radius 2 is 2.04 bits per heavy atom. The van der Waals surface area contributed by atoms with E-state index < -0.39 is 0 Å². The molecule has 4 nitrogen and oxygen atoms in total. The van der Waals surface area contributed by atoms with E-state index in [1.54, 1.807) is 0 Å². The van der Waals surface area contributed by atoms with E-state index >= 15 is 0 Å². The Labute approximate surface area is 153 Å². The fourth-order valence-corrected chi connectivity index (χ4v) is 4.67. The fourth-order valence-electron chi connectivity index (χ4n) is 4.67. The van der Waals surface area contributed by atoms with Gasteiger partial charge in [0.25, 0.3) is 0 Å². The standard InChI is InChI=1S/C21H37NO3/c1-6-8-10-18-19-15(3)12-16(4)21(13-24-18,17(19)5)14-25-20(23)22-11-9-7-2/h12,16-19H,6-11,13-14H2,1-5H3,(H,22,23). The molecule has 0 spiro atoms. The van der Waals surface area contributed by atoms with Gasteiger partial charge in [-0.15, -0.1) is 0 Å². The Hall–Kier alpha value is -1.03. The van der Waals surface area contributed by atoms with Crippen LogP contribution in [0.15, 0.2) is 11.6 Å². The lowest BCUT2D eigenvalue weighted by molar-refractivity contribution is -0.165. The molecule has 2 aliphatic rings. The van der Waals surface area contributed by atoms with Crippen molar-refractivity contribution in [1.82, 2.24) is 5.32 Å². The van der Waals surface area contributed by atoms with Crippen molar-refractivity contribution in [1.29, 1.82) is 0 Å². The van der Waals surface area contributed by atoms with E-state index in [1.807, 2.05) is 0 Å². The van der Waals surface area contributed by atoms with Crippen molar-refractivity contribution in [2.24, 2.45) is 23.2 Å². The molecule has 1 amide bonds. The SMILES string of the molecule is CCCCNC(=O)OCC12COC(CCCC)C(C(C)=CC1C)C2C. The van der Waals surface area contributed by atoms with Gasteiger partial charge < -0.3 is 14.8 Å². The first kappa shape index (κ1) is 20.3. The molecule has 5 unspecified atom stereocenters. The second-order valence-corrected chi connectivity index (χ2v) is 8.10. The van der Waals surface area contributed by atoms with E-state index in [0.717, 1.165) is 19.3 Å². The molecule has 1 saturated heterocycles. The smallest absolute Gasteiger partial charge is 0.407 e. The number of rotatable bonds is 8. The molecule has 4 heteroatoms. The zero-order valence-electron chi connectivity index (χ0n) is 16.8. The molecule has 0 aromatic carbocycles. The number of carbonyl (C=O) groups excluding carboxylic acids is 1. The molecule has 1 N–H and O–H groups in total. The second kappa shape index (κ2) is 9.07. The quantitative estimate of drug-likeness (QED) is 0.498. The predicted octanol–water partition coefficient (Wildman–Crippen LogP) is 4.94. The molecule has 1 heterocycles. The monoisotopic (exact) mass is 351 g/mol. The van der Waals surface area contributed by atoms with E-state index in [4.69, 9.17) is 9.47 Å². The fraction of sp³-hybridized carbons (Fsp3) is 0.857. The first-order chi connectivity index (χ1) is 12.0. The zero-order chi connectivity index (χ0) is 18.4. The maximum Gasteiger partial charge on any atom is 0.407 e. The zero-order valence-corrected chi connectivity index (χ0v) is 16.8. The Kier molecular flexibility index (Phi) is 7.36. The number of unbranched alkanes of at least 4 members (excludes halogenated alkanes) is 2. The summed E-state index contributed by atoms with van der Waals surface area (Å²) >= 11 is 0. The van der Waals surface area contributed by atoms with Crippen LogP contribution in [0.1, 0.15) is 66.7 Å². The van der Waals surface area contributed by atoms with Crippen LogP contribution in [-0.2, 0) is 9.47 Å². The van der Waals surface area contributed by atoms with Crippen molar-refractivity contribution in [3.05, 3.63) is 11.6 Å². The van der Waals surface area contributed by atoms with Crippen molar-refractivity contribution >= 4 is 6.09 Å². The van der Waals surface area contributed by atoms with Gasteiger partial charge >= 0.3 is 6.09 Å². The van der Waals surface area contributed by atoms with Crippen LogP contribution in [0.5, 0.6) is 0 Å². The van der Waals surface area contributed by atoms with Crippen LogP contribution in [0.25, 0.3) is 0 Å². The third-order valence-electron chi connectivity index (χ3n) is 6.47. The lowest BCUT2D eigenvalue weighted by Crippen LogP contribution is -2.57. The molecule has 1 aliphatic heterocycles. The number of carbonyl (C=O) groups is 1. The minimum atomic E-state index is -0.293. The van der Waals surface area contributed by atoms with Gasteiger partial charge in [0.1, 0.15) is 6.61 Å². The third kappa shape index (κ3) is 4.39. The highest BCUT2D eigenvalue weighted by molar-refractivity contribution is 5.67. The largest absolute Gasteiger partial charge is 0.449 e. The summed E-state index contributed by atoms with van der Waals surface area (Å²) in [6.45, 7) is 13.0. The molecule has 0 aromatic heterocycles. The molecule has 2 rings (SSSR count). The van der Waals surface area contributed by atoms with Crippen molar-refractivity contribution in [2.75, 3.05) is 19.8 Å². The number of fused-ring (bicyclic) bond motifs is 2. The topological polar surface area (TPSA) is 47.6 Å². The highest BCUT2D eigenvalue weighted by Gasteiger charge is 2.53. The number of allylic oxidation sites excluding steroid dienone is 1. The van der Waals surface area contributed by atoms with Gasteiger partial charge in [-0.1, -0.05) is 58.6 Å². The van der Waals surface area contributed by atoms with Gasteiger partial charge in [0.15, 0.2) is 0 Å². The van der Waals surface area contributed by atoms with Crippen LogP contribution in [0.3, 0.4) is 0 Å². The number of hydrogen-bond donors (Lipinski definition) is 1. The van der Waals surface area contributed by atoms with Crippen LogP contribution in [0.4, 0.5) is 4.79 Å². The molecule has 144 valence electrons. The summed E-state index contributed by atoms with van der Waals surface area (Å²) < 4.78 is 12.0. The average molecular weight is 352 g/mol. The van der Waals surface area contributed by atoms with E-state index in [-0.39, 0.29) is 11.5 Å². The summed E-state index contributed by atoms with van der Waals surface area (Å²) in [7, 11) is 0. The van der Waals surface area contributed by atoms with Gasteiger partial charge in [0.05, 0.1) is 12.7 Å². The Bertz CT molecular complexity index is 476. The average Bonchev–Trinajstić information content (AvgIpc) is 2.58. The maximum atomic E-state index is 12.0. The van der Waals surface area contributed by atoms with E-state index in [2.05, 4.69) is 46.0 Å². The van der Waals surface area contributed by atoms with E-state index in [0.29, 0.717) is 43.6 Å². The Morgan fingerprint density at radius 1 is 1.32 bits per heavy atom. The van der Waals surface area contributed by atoms with E-state index in [9.17, 15) is 4.79 Å². The Morgan fingerprint density at radius 3 is 2.72 bits per heavy atom. The second-order valence-electron chi connectivity index (χ2n) is 8.10. The lowest BCUT2D eigenvalue weighted by Gasteiger charge is -2.55.